The predicted octanol–water partition coefficient (Wildman–Crippen LogP) is 3.30. The Bertz CT molecular complexity index is 956. The predicted molar refractivity (Wildman–Crippen MR) is 102 cm³/mol. The van der Waals surface area contributed by atoms with Gasteiger partial charge in [0.15, 0.2) is 4.21 Å². The molecule has 0 saturated carbocycles. The number of nitrogens with zero attached hydrogens (tertiary/aromatic N) is 2. The van der Waals surface area contributed by atoms with E-state index in [2.05, 4.69) is 15.9 Å². The first-order valence-corrected chi connectivity index (χ1v) is 11.3. The molecule has 0 bridgehead atoms. The summed E-state index contributed by atoms with van der Waals surface area (Å²) in [6.45, 7) is 1.58. The van der Waals surface area contributed by atoms with E-state index in [4.69, 9.17) is 0 Å². The molecule has 2 fully saturated rings. The Hall–Kier alpha value is -0.960. The third-order valence-corrected chi connectivity index (χ3v) is 10.1. The molecule has 3 heterocycles. The van der Waals surface area contributed by atoms with Gasteiger partial charge >= 0.3 is 0 Å². The molecule has 1 aromatic heterocycles. The van der Waals surface area contributed by atoms with Gasteiger partial charge in [0.1, 0.15) is 0 Å². The van der Waals surface area contributed by atoms with Crippen molar-refractivity contribution in [3.05, 3.63) is 28.7 Å². The number of sulfonamides is 1. The van der Waals surface area contributed by atoms with Crippen molar-refractivity contribution in [2.75, 3.05) is 26.7 Å². The number of rotatable bonds is 2. The van der Waals surface area contributed by atoms with E-state index in [9.17, 15) is 13.2 Å². The van der Waals surface area contributed by atoms with Crippen molar-refractivity contribution in [3.63, 3.8) is 0 Å². The summed E-state index contributed by atoms with van der Waals surface area (Å²) >= 11 is 4.79. The number of carbonyl (C=O) groups excluding carboxylic acids is 1. The van der Waals surface area contributed by atoms with Gasteiger partial charge in [-0.1, -0.05) is 18.2 Å². The zero-order valence-electron chi connectivity index (χ0n) is 13.9. The minimum atomic E-state index is -3.58. The average Bonchev–Trinajstić information content (AvgIpc) is 3.05. The summed E-state index contributed by atoms with van der Waals surface area (Å²) < 4.78 is 30.1. The third-order valence-electron chi connectivity index (χ3n) is 5.23. The quantitative estimate of drug-likeness (QED) is 0.716. The van der Waals surface area contributed by atoms with Gasteiger partial charge in [0.2, 0.25) is 5.91 Å². The summed E-state index contributed by atoms with van der Waals surface area (Å²) in [6.07, 6.45) is 2.15. The van der Waals surface area contributed by atoms with Gasteiger partial charge in [-0.15, -0.1) is 11.3 Å². The first-order valence-electron chi connectivity index (χ1n) is 8.24. The molecule has 0 N–H and O–H groups in total. The van der Waals surface area contributed by atoms with Crippen molar-refractivity contribution in [3.8, 4) is 0 Å². The van der Waals surface area contributed by atoms with Crippen LogP contribution in [0.15, 0.2) is 32.9 Å². The lowest BCUT2D eigenvalue weighted by Crippen LogP contribution is -2.47. The summed E-state index contributed by atoms with van der Waals surface area (Å²) in [7, 11) is -1.78. The molecule has 0 aliphatic carbocycles. The number of hydrogen-bond donors (Lipinski definition) is 0. The van der Waals surface area contributed by atoms with Crippen molar-refractivity contribution in [2.24, 2.45) is 5.41 Å². The molecule has 8 heteroatoms. The minimum absolute atomic E-state index is 0.113. The van der Waals surface area contributed by atoms with Crippen LogP contribution in [-0.2, 0) is 14.8 Å². The van der Waals surface area contributed by atoms with E-state index in [0.29, 0.717) is 34.7 Å². The molecule has 25 heavy (non-hydrogen) atoms. The van der Waals surface area contributed by atoms with Crippen molar-refractivity contribution in [2.45, 2.75) is 23.5 Å². The summed E-state index contributed by atoms with van der Waals surface area (Å²) in [5, 5.41) is 0.925. The molecule has 1 atom stereocenters. The minimum Gasteiger partial charge on any atom is -0.345 e. The van der Waals surface area contributed by atoms with Crippen molar-refractivity contribution < 1.29 is 13.2 Å². The highest BCUT2D eigenvalue weighted by atomic mass is 79.9. The van der Waals surface area contributed by atoms with E-state index in [1.807, 2.05) is 24.3 Å². The second-order valence-electron chi connectivity index (χ2n) is 7.07. The van der Waals surface area contributed by atoms with Crippen LogP contribution in [0.2, 0.25) is 0 Å². The number of hydrogen-bond acceptors (Lipinski definition) is 4. The molecule has 2 aromatic rings. The third kappa shape index (κ3) is 2.83. The van der Waals surface area contributed by atoms with Crippen LogP contribution in [0.3, 0.4) is 0 Å². The van der Waals surface area contributed by atoms with Gasteiger partial charge in [0, 0.05) is 48.6 Å². The van der Waals surface area contributed by atoms with Crippen LogP contribution in [-0.4, -0.2) is 50.2 Å². The molecule has 4 rings (SSSR count). The molecule has 1 spiro atoms. The van der Waals surface area contributed by atoms with E-state index in [1.54, 1.807) is 16.3 Å². The molecule has 5 nitrogen and oxygen atoms in total. The highest BCUT2D eigenvalue weighted by Crippen LogP contribution is 2.44. The van der Waals surface area contributed by atoms with Crippen molar-refractivity contribution in [1.29, 1.82) is 0 Å². The SMILES string of the molecule is CN1CC2(CCCN(S(=O)(=O)c3sc4ccccc4c3Br)C2)CC1=O. The topological polar surface area (TPSA) is 57.7 Å². The van der Waals surface area contributed by atoms with E-state index < -0.39 is 10.0 Å². The van der Waals surface area contributed by atoms with Gasteiger partial charge in [-0.25, -0.2) is 8.42 Å². The maximum atomic E-state index is 13.3. The van der Waals surface area contributed by atoms with Crippen LogP contribution >= 0.6 is 27.3 Å². The number of fused-ring (bicyclic) bond motifs is 1. The first-order chi connectivity index (χ1) is 11.8. The van der Waals surface area contributed by atoms with E-state index in [0.717, 1.165) is 22.9 Å². The number of piperidine rings is 1. The number of carbonyl (C=O) groups is 1. The maximum absolute atomic E-state index is 13.3. The molecule has 2 aliphatic heterocycles. The van der Waals surface area contributed by atoms with E-state index >= 15 is 0 Å². The Morgan fingerprint density at radius 2 is 2.00 bits per heavy atom. The molecule has 134 valence electrons. The van der Waals surface area contributed by atoms with Gasteiger partial charge in [-0.2, -0.15) is 4.31 Å². The molecule has 2 saturated heterocycles. The Morgan fingerprint density at radius 3 is 2.68 bits per heavy atom. The van der Waals surface area contributed by atoms with Gasteiger partial charge in [0.25, 0.3) is 10.0 Å². The zero-order chi connectivity index (χ0) is 17.8. The number of thiophene rings is 1. The lowest BCUT2D eigenvalue weighted by molar-refractivity contribution is -0.126. The van der Waals surface area contributed by atoms with Gasteiger partial charge in [-0.05, 0) is 34.8 Å². The molecule has 0 radical (unpaired) electrons. The Kier molecular flexibility index (Phi) is 4.22. The largest absolute Gasteiger partial charge is 0.345 e. The molecule has 1 unspecified atom stereocenters. The fraction of sp³-hybridized carbons (Fsp3) is 0.471. The highest BCUT2D eigenvalue weighted by molar-refractivity contribution is 9.10. The van der Waals surface area contributed by atoms with Gasteiger partial charge < -0.3 is 4.90 Å². The van der Waals surface area contributed by atoms with Crippen molar-refractivity contribution >= 4 is 53.3 Å². The summed E-state index contributed by atoms with van der Waals surface area (Å²) in [6, 6.07) is 7.69. The number of likely N-dealkylation sites (tertiary alicyclic amines) is 1. The summed E-state index contributed by atoms with van der Waals surface area (Å²) in [4.78, 5) is 13.7. The van der Waals surface area contributed by atoms with Crippen LogP contribution in [0.25, 0.3) is 10.1 Å². The Morgan fingerprint density at radius 1 is 1.24 bits per heavy atom. The smallest absolute Gasteiger partial charge is 0.253 e. The van der Waals surface area contributed by atoms with Crippen LogP contribution in [0.1, 0.15) is 19.3 Å². The van der Waals surface area contributed by atoms with Crippen LogP contribution < -0.4 is 0 Å². The molecule has 2 aliphatic rings. The van der Waals surface area contributed by atoms with Crippen molar-refractivity contribution in [1.82, 2.24) is 9.21 Å². The zero-order valence-corrected chi connectivity index (χ0v) is 17.1. The maximum Gasteiger partial charge on any atom is 0.253 e. The van der Waals surface area contributed by atoms with Gasteiger partial charge in [0.05, 0.1) is 4.47 Å². The highest BCUT2D eigenvalue weighted by Gasteiger charge is 2.47. The number of amides is 1. The second-order valence-corrected chi connectivity index (χ2v) is 11.0. The fourth-order valence-corrected chi connectivity index (χ4v) is 8.57. The second kappa shape index (κ2) is 6.04. The molecular formula is C17H19BrN2O3S2. The fourth-order valence-electron chi connectivity index (χ4n) is 4.02. The van der Waals surface area contributed by atoms with Crippen LogP contribution in [0, 0.1) is 5.41 Å². The first kappa shape index (κ1) is 17.5. The van der Waals surface area contributed by atoms with Crippen LogP contribution in [0.5, 0.6) is 0 Å². The van der Waals surface area contributed by atoms with Crippen LogP contribution in [0.4, 0.5) is 0 Å². The monoisotopic (exact) mass is 442 g/mol. The van der Waals surface area contributed by atoms with E-state index in [1.165, 1.54) is 11.3 Å². The Labute approximate surface area is 159 Å². The normalized spacial score (nSPS) is 25.4. The molecular weight excluding hydrogens is 424 g/mol. The average molecular weight is 443 g/mol. The lowest BCUT2D eigenvalue weighted by atomic mass is 9.80. The van der Waals surface area contributed by atoms with E-state index in [-0.39, 0.29) is 11.3 Å². The molecule has 1 aromatic carbocycles. The Balaban J connectivity index is 1.70. The number of halogens is 1. The molecule has 1 amide bonds. The summed E-state index contributed by atoms with van der Waals surface area (Å²) in [5.74, 6) is 0.113. The standard InChI is InChI=1S/C17H19BrN2O3S2/c1-19-10-17(9-14(19)21)7-4-8-20(11-17)25(22,23)16-15(18)12-5-2-3-6-13(12)24-16/h2-3,5-6H,4,7-11H2,1H3. The summed E-state index contributed by atoms with van der Waals surface area (Å²) in [5.41, 5.74) is -0.236. The van der Waals surface area contributed by atoms with Gasteiger partial charge in [-0.3, -0.25) is 4.79 Å². The number of benzene rings is 1. The lowest BCUT2D eigenvalue weighted by Gasteiger charge is -2.38.